The molecule has 0 saturated heterocycles. The molecule has 0 unspecified atom stereocenters. The zero-order valence-electron chi connectivity index (χ0n) is 17.7. The molecule has 1 aliphatic rings. The number of aryl methyl sites for hydroxylation is 4. The Balaban J connectivity index is 1.92. The summed E-state index contributed by atoms with van der Waals surface area (Å²) in [7, 11) is 0. The molecule has 0 spiro atoms. The predicted molar refractivity (Wildman–Crippen MR) is 124 cm³/mol. The molecule has 0 radical (unpaired) electrons. The maximum Gasteiger partial charge on any atom is 0.121 e. The van der Waals surface area contributed by atoms with Crippen molar-refractivity contribution in [3.63, 3.8) is 0 Å². The summed E-state index contributed by atoms with van der Waals surface area (Å²) >= 11 is 0. The summed E-state index contributed by atoms with van der Waals surface area (Å²) in [5.74, 6) is 0.705. The van der Waals surface area contributed by atoms with Gasteiger partial charge in [-0.1, -0.05) is 36.4 Å². The number of hydrogen-bond acceptors (Lipinski definition) is 2. The Morgan fingerprint density at radius 2 is 0.900 bits per heavy atom. The molecule has 4 aromatic carbocycles. The van der Waals surface area contributed by atoms with Gasteiger partial charge in [0.1, 0.15) is 11.5 Å². The Kier molecular flexibility index (Phi) is 4.01. The minimum Gasteiger partial charge on any atom is -0.507 e. The number of aromatic hydroxyl groups is 2. The molecule has 0 amide bonds. The van der Waals surface area contributed by atoms with E-state index in [1.807, 2.05) is 27.7 Å². The third kappa shape index (κ3) is 2.57. The summed E-state index contributed by atoms with van der Waals surface area (Å²) in [6, 6.07) is 21.2. The van der Waals surface area contributed by atoms with Gasteiger partial charge in [-0.25, -0.2) is 0 Å². The first-order valence-corrected chi connectivity index (χ1v) is 10.2. The van der Waals surface area contributed by atoms with Crippen LogP contribution in [0.4, 0.5) is 0 Å². The third-order valence-corrected chi connectivity index (χ3v) is 6.25. The van der Waals surface area contributed by atoms with Gasteiger partial charge in [-0.3, -0.25) is 0 Å². The highest BCUT2D eigenvalue weighted by Crippen LogP contribution is 2.49. The van der Waals surface area contributed by atoms with Crippen LogP contribution in [0.3, 0.4) is 0 Å². The lowest BCUT2D eigenvalue weighted by Crippen LogP contribution is -1.94. The molecule has 1 aliphatic carbocycles. The first-order chi connectivity index (χ1) is 14.4. The van der Waals surface area contributed by atoms with Crippen molar-refractivity contribution in [1.82, 2.24) is 0 Å². The maximum absolute atomic E-state index is 10.3. The minimum atomic E-state index is 0.353. The fourth-order valence-corrected chi connectivity index (χ4v) is 4.83. The van der Waals surface area contributed by atoms with Crippen molar-refractivity contribution in [2.24, 2.45) is 0 Å². The summed E-state index contributed by atoms with van der Waals surface area (Å²) in [5.41, 5.74) is 10.5. The van der Waals surface area contributed by atoms with E-state index in [0.29, 0.717) is 11.5 Å². The largest absolute Gasteiger partial charge is 0.507 e. The molecular formula is C28H24O2. The Hall–Kier alpha value is -3.52. The molecule has 2 N–H and O–H groups in total. The molecule has 5 rings (SSSR count). The predicted octanol–water partition coefficient (Wildman–Crippen LogP) is 6.81. The second-order valence-electron chi connectivity index (χ2n) is 8.38. The summed E-state index contributed by atoms with van der Waals surface area (Å²) in [5, 5.41) is 23.2. The maximum atomic E-state index is 10.3. The van der Waals surface area contributed by atoms with Crippen LogP contribution in [0.15, 0.2) is 60.7 Å². The van der Waals surface area contributed by atoms with Crippen molar-refractivity contribution in [3.05, 3.63) is 105 Å². The van der Waals surface area contributed by atoms with Crippen LogP contribution in [-0.4, -0.2) is 10.2 Å². The average Bonchev–Trinajstić information content (AvgIpc) is 3.06. The Labute approximate surface area is 176 Å². The lowest BCUT2D eigenvalue weighted by atomic mass is 9.89. The summed E-state index contributed by atoms with van der Waals surface area (Å²) in [6.45, 7) is 7.79. The van der Waals surface area contributed by atoms with Crippen LogP contribution < -0.4 is 0 Å². The highest BCUT2D eigenvalue weighted by atomic mass is 16.3. The normalized spacial score (nSPS) is 12.8. The number of hydrogen-bond donors (Lipinski definition) is 2. The van der Waals surface area contributed by atoms with Crippen LogP contribution in [-0.2, 0) is 0 Å². The van der Waals surface area contributed by atoms with E-state index in [0.717, 1.165) is 33.4 Å². The molecule has 0 fully saturated rings. The van der Waals surface area contributed by atoms with Crippen LogP contribution in [0, 0.1) is 27.7 Å². The smallest absolute Gasteiger partial charge is 0.121 e. The summed E-state index contributed by atoms with van der Waals surface area (Å²) in [6.07, 6.45) is 0. The quantitative estimate of drug-likeness (QED) is 0.347. The third-order valence-electron chi connectivity index (χ3n) is 6.25. The van der Waals surface area contributed by atoms with Gasteiger partial charge in [-0.2, -0.15) is 0 Å². The fourth-order valence-electron chi connectivity index (χ4n) is 4.83. The zero-order valence-corrected chi connectivity index (χ0v) is 17.7. The monoisotopic (exact) mass is 392 g/mol. The van der Waals surface area contributed by atoms with Gasteiger partial charge in [0.05, 0.1) is 0 Å². The molecule has 0 bridgehead atoms. The standard InChI is InChI=1S/C28H24O2/c1-15-11-20(12-16(2)27(15)29)25-22-9-5-7-19-8-6-10-23(24(19)22)26(25)21-13-17(3)28(30)18(4)14-21/h5-14,29-30H,1-4H3. The lowest BCUT2D eigenvalue weighted by Gasteiger charge is -2.15. The highest BCUT2D eigenvalue weighted by molar-refractivity contribution is 6.20. The van der Waals surface area contributed by atoms with E-state index in [9.17, 15) is 10.2 Å². The second-order valence-corrected chi connectivity index (χ2v) is 8.38. The van der Waals surface area contributed by atoms with Gasteiger partial charge in [-0.15, -0.1) is 0 Å². The van der Waals surface area contributed by atoms with E-state index >= 15 is 0 Å². The zero-order chi connectivity index (χ0) is 21.2. The van der Waals surface area contributed by atoms with Crippen LogP contribution in [0.5, 0.6) is 11.5 Å². The molecule has 2 nitrogen and oxygen atoms in total. The number of phenolic OH excluding ortho intramolecular Hbond substituents is 2. The van der Waals surface area contributed by atoms with Gasteiger partial charge >= 0.3 is 0 Å². The van der Waals surface area contributed by atoms with E-state index in [-0.39, 0.29) is 0 Å². The average molecular weight is 392 g/mol. The van der Waals surface area contributed by atoms with E-state index in [1.165, 1.54) is 33.0 Å². The molecule has 0 heterocycles. The van der Waals surface area contributed by atoms with Crippen molar-refractivity contribution in [1.29, 1.82) is 0 Å². The number of phenols is 2. The van der Waals surface area contributed by atoms with E-state index < -0.39 is 0 Å². The van der Waals surface area contributed by atoms with Crippen LogP contribution >= 0.6 is 0 Å². The second kappa shape index (κ2) is 6.50. The molecule has 148 valence electrons. The van der Waals surface area contributed by atoms with E-state index in [1.54, 1.807) is 0 Å². The van der Waals surface area contributed by atoms with Crippen molar-refractivity contribution < 1.29 is 10.2 Å². The van der Waals surface area contributed by atoms with Crippen molar-refractivity contribution >= 4 is 21.9 Å². The molecule has 30 heavy (non-hydrogen) atoms. The SMILES string of the molecule is Cc1cc(C2=C(c3cc(C)c(O)c(C)c3)c3cccc4cccc2c34)cc(C)c1O. The van der Waals surface area contributed by atoms with Crippen molar-refractivity contribution in [3.8, 4) is 11.5 Å². The first-order valence-electron chi connectivity index (χ1n) is 10.2. The molecule has 0 saturated carbocycles. The van der Waals surface area contributed by atoms with Crippen molar-refractivity contribution in [2.45, 2.75) is 27.7 Å². The highest BCUT2D eigenvalue weighted by Gasteiger charge is 2.27. The Morgan fingerprint density at radius 3 is 1.27 bits per heavy atom. The van der Waals surface area contributed by atoms with E-state index in [2.05, 4.69) is 60.7 Å². The Morgan fingerprint density at radius 1 is 0.533 bits per heavy atom. The Bertz CT molecular complexity index is 1240. The van der Waals surface area contributed by atoms with Crippen molar-refractivity contribution in [2.75, 3.05) is 0 Å². The molecule has 0 atom stereocenters. The van der Waals surface area contributed by atoms with Gasteiger partial charge < -0.3 is 10.2 Å². The molecule has 2 heteroatoms. The number of rotatable bonds is 2. The molecule has 0 aromatic heterocycles. The molecule has 0 aliphatic heterocycles. The van der Waals surface area contributed by atoms with E-state index in [4.69, 9.17) is 0 Å². The van der Waals surface area contributed by atoms with Gasteiger partial charge in [0.15, 0.2) is 0 Å². The molecular weight excluding hydrogens is 368 g/mol. The van der Waals surface area contributed by atoms with Gasteiger partial charge in [-0.05, 0) is 118 Å². The summed E-state index contributed by atoms with van der Waals surface area (Å²) in [4.78, 5) is 0. The lowest BCUT2D eigenvalue weighted by molar-refractivity contribution is 0.466. The first kappa shape index (κ1) is 18.5. The number of benzene rings is 4. The van der Waals surface area contributed by atoms with Gasteiger partial charge in [0, 0.05) is 0 Å². The van der Waals surface area contributed by atoms with Crippen LogP contribution in [0.2, 0.25) is 0 Å². The van der Waals surface area contributed by atoms with Gasteiger partial charge in [0.25, 0.3) is 0 Å². The topological polar surface area (TPSA) is 40.5 Å². The fraction of sp³-hybridized carbons (Fsp3) is 0.143. The van der Waals surface area contributed by atoms with Crippen LogP contribution in [0.25, 0.3) is 21.9 Å². The summed E-state index contributed by atoms with van der Waals surface area (Å²) < 4.78 is 0. The molecule has 4 aromatic rings. The minimum absolute atomic E-state index is 0.353. The van der Waals surface area contributed by atoms with Crippen LogP contribution in [0.1, 0.15) is 44.5 Å². The van der Waals surface area contributed by atoms with Gasteiger partial charge in [0.2, 0.25) is 0 Å².